The quantitative estimate of drug-likeness (QED) is 0.536. The van der Waals surface area contributed by atoms with E-state index < -0.39 is 5.97 Å². The highest BCUT2D eigenvalue weighted by molar-refractivity contribution is 5.92. The number of benzene rings is 2. The SMILES string of the molecule is COc1cc2c(cc1OC)CN(C(=O)COC(=O)c1ccc(-c3ccccc3)nc1C)CC2. The van der Waals surface area contributed by atoms with Crippen LogP contribution in [-0.2, 0) is 22.5 Å². The molecule has 2 aromatic carbocycles. The number of rotatable bonds is 6. The summed E-state index contributed by atoms with van der Waals surface area (Å²) in [6.45, 7) is 2.42. The van der Waals surface area contributed by atoms with Crippen LogP contribution < -0.4 is 9.47 Å². The number of pyridine rings is 1. The Bertz CT molecular complexity index is 1180. The van der Waals surface area contributed by atoms with Crippen molar-refractivity contribution >= 4 is 11.9 Å². The van der Waals surface area contributed by atoms with Crippen LogP contribution >= 0.6 is 0 Å². The lowest BCUT2D eigenvalue weighted by atomic mass is 9.99. The first kappa shape index (κ1) is 22.3. The molecule has 4 rings (SSSR count). The van der Waals surface area contributed by atoms with Crippen molar-refractivity contribution in [2.75, 3.05) is 27.4 Å². The van der Waals surface area contributed by atoms with E-state index in [2.05, 4.69) is 4.98 Å². The average molecular weight is 447 g/mol. The number of methoxy groups -OCH3 is 2. The molecule has 0 spiro atoms. The van der Waals surface area contributed by atoms with Crippen LogP contribution in [0.4, 0.5) is 0 Å². The van der Waals surface area contributed by atoms with E-state index in [4.69, 9.17) is 14.2 Å². The van der Waals surface area contributed by atoms with E-state index >= 15 is 0 Å². The largest absolute Gasteiger partial charge is 0.493 e. The number of fused-ring (bicyclic) bond motifs is 1. The second-order valence-corrected chi connectivity index (χ2v) is 7.81. The highest BCUT2D eigenvalue weighted by atomic mass is 16.5. The fourth-order valence-corrected chi connectivity index (χ4v) is 3.94. The number of carbonyl (C=O) groups excluding carboxylic acids is 2. The molecule has 0 unspecified atom stereocenters. The van der Waals surface area contributed by atoms with Crippen molar-refractivity contribution in [1.29, 1.82) is 0 Å². The second-order valence-electron chi connectivity index (χ2n) is 7.81. The van der Waals surface area contributed by atoms with Gasteiger partial charge < -0.3 is 19.1 Å². The van der Waals surface area contributed by atoms with E-state index in [1.165, 1.54) is 0 Å². The van der Waals surface area contributed by atoms with Crippen LogP contribution in [0.3, 0.4) is 0 Å². The molecule has 0 atom stereocenters. The topological polar surface area (TPSA) is 78.0 Å². The third kappa shape index (κ3) is 4.82. The maximum atomic E-state index is 12.7. The van der Waals surface area contributed by atoms with Gasteiger partial charge in [-0.25, -0.2) is 4.79 Å². The van der Waals surface area contributed by atoms with Crippen LogP contribution in [0.15, 0.2) is 54.6 Å². The predicted octanol–water partition coefficient (Wildman–Crippen LogP) is 3.82. The zero-order valence-corrected chi connectivity index (χ0v) is 19.0. The standard InChI is InChI=1S/C26H26N2O5/c1-17-21(9-10-22(27-17)18-7-5-4-6-8-18)26(30)33-16-25(29)28-12-11-19-13-23(31-2)24(32-3)14-20(19)15-28/h4-10,13-14H,11-12,15-16H2,1-3H3. The molecule has 7 heteroatoms. The summed E-state index contributed by atoms with van der Waals surface area (Å²) in [6, 6.07) is 17.0. The molecule has 0 radical (unpaired) electrons. The van der Waals surface area contributed by atoms with Crippen LogP contribution in [0, 0.1) is 6.92 Å². The lowest BCUT2D eigenvalue weighted by molar-refractivity contribution is -0.135. The number of amides is 1. The molecule has 1 aliphatic rings. The van der Waals surface area contributed by atoms with Gasteiger partial charge in [0.25, 0.3) is 5.91 Å². The Kier molecular flexibility index (Phi) is 6.58. The maximum Gasteiger partial charge on any atom is 0.340 e. The van der Waals surface area contributed by atoms with Gasteiger partial charge in [0.15, 0.2) is 18.1 Å². The number of aryl methyl sites for hydroxylation is 1. The molecule has 0 saturated carbocycles. The minimum absolute atomic E-state index is 0.240. The summed E-state index contributed by atoms with van der Waals surface area (Å²) in [5, 5.41) is 0. The van der Waals surface area contributed by atoms with Gasteiger partial charge in [-0.05, 0) is 48.7 Å². The highest BCUT2D eigenvalue weighted by Gasteiger charge is 2.24. The molecule has 0 fully saturated rings. The van der Waals surface area contributed by atoms with Crippen molar-refractivity contribution in [3.8, 4) is 22.8 Å². The molecule has 1 aliphatic heterocycles. The Morgan fingerprint density at radius 2 is 1.67 bits per heavy atom. The molecule has 33 heavy (non-hydrogen) atoms. The minimum atomic E-state index is -0.559. The molecule has 0 bridgehead atoms. The first-order chi connectivity index (χ1) is 16.0. The molecular formula is C26H26N2O5. The van der Waals surface area contributed by atoms with Crippen molar-refractivity contribution in [3.05, 3.63) is 77.0 Å². The Morgan fingerprint density at radius 3 is 2.33 bits per heavy atom. The van der Waals surface area contributed by atoms with Crippen molar-refractivity contribution in [1.82, 2.24) is 9.88 Å². The van der Waals surface area contributed by atoms with E-state index in [9.17, 15) is 9.59 Å². The lowest BCUT2D eigenvalue weighted by Gasteiger charge is -2.29. The summed E-state index contributed by atoms with van der Waals surface area (Å²) in [5.41, 5.74) is 4.77. The molecule has 2 heterocycles. The lowest BCUT2D eigenvalue weighted by Crippen LogP contribution is -2.38. The third-order valence-electron chi connectivity index (χ3n) is 5.77. The summed E-state index contributed by atoms with van der Waals surface area (Å²) >= 11 is 0. The number of aromatic nitrogens is 1. The van der Waals surface area contributed by atoms with Crippen LogP contribution in [-0.4, -0.2) is 49.1 Å². The molecule has 0 saturated heterocycles. The normalized spacial score (nSPS) is 12.6. The van der Waals surface area contributed by atoms with Crippen molar-refractivity contribution in [2.45, 2.75) is 19.9 Å². The number of esters is 1. The fourth-order valence-electron chi connectivity index (χ4n) is 3.94. The van der Waals surface area contributed by atoms with E-state index in [-0.39, 0.29) is 12.5 Å². The van der Waals surface area contributed by atoms with Gasteiger partial charge in [-0.1, -0.05) is 30.3 Å². The predicted molar refractivity (Wildman–Crippen MR) is 123 cm³/mol. The summed E-state index contributed by atoms with van der Waals surface area (Å²) in [6.07, 6.45) is 0.694. The van der Waals surface area contributed by atoms with E-state index in [1.807, 2.05) is 42.5 Å². The Labute approximate surface area is 192 Å². The fraction of sp³-hybridized carbons (Fsp3) is 0.269. The van der Waals surface area contributed by atoms with Crippen LogP contribution in [0.25, 0.3) is 11.3 Å². The van der Waals surface area contributed by atoms with Gasteiger partial charge in [0.1, 0.15) is 0 Å². The van der Waals surface area contributed by atoms with Gasteiger partial charge in [0, 0.05) is 18.7 Å². The number of nitrogens with zero attached hydrogens (tertiary/aromatic N) is 2. The zero-order chi connectivity index (χ0) is 23.4. The maximum absolute atomic E-state index is 12.7. The summed E-state index contributed by atoms with van der Waals surface area (Å²) < 4.78 is 16.1. The van der Waals surface area contributed by atoms with Gasteiger partial charge >= 0.3 is 5.97 Å². The summed E-state index contributed by atoms with van der Waals surface area (Å²) in [4.78, 5) is 31.5. The van der Waals surface area contributed by atoms with Gasteiger partial charge in [0.05, 0.1) is 31.2 Å². The third-order valence-corrected chi connectivity index (χ3v) is 5.77. The van der Waals surface area contributed by atoms with Crippen molar-refractivity contribution < 1.29 is 23.8 Å². The van der Waals surface area contributed by atoms with Gasteiger partial charge in [-0.15, -0.1) is 0 Å². The van der Waals surface area contributed by atoms with Crippen LogP contribution in [0.1, 0.15) is 27.2 Å². The Balaban J connectivity index is 1.39. The molecule has 0 aliphatic carbocycles. The van der Waals surface area contributed by atoms with Gasteiger partial charge in [-0.2, -0.15) is 0 Å². The van der Waals surface area contributed by atoms with Crippen LogP contribution in [0.5, 0.6) is 11.5 Å². The molecular weight excluding hydrogens is 420 g/mol. The average Bonchev–Trinajstić information content (AvgIpc) is 2.86. The van der Waals surface area contributed by atoms with Gasteiger partial charge in [0.2, 0.25) is 0 Å². The molecule has 170 valence electrons. The van der Waals surface area contributed by atoms with Crippen molar-refractivity contribution in [3.63, 3.8) is 0 Å². The molecule has 0 N–H and O–H groups in total. The molecule has 1 amide bonds. The first-order valence-electron chi connectivity index (χ1n) is 10.7. The highest BCUT2D eigenvalue weighted by Crippen LogP contribution is 2.33. The molecule has 7 nitrogen and oxygen atoms in total. The Morgan fingerprint density at radius 1 is 0.970 bits per heavy atom. The van der Waals surface area contributed by atoms with Crippen LogP contribution in [0.2, 0.25) is 0 Å². The number of hydrogen-bond acceptors (Lipinski definition) is 6. The molecule has 1 aromatic heterocycles. The first-order valence-corrected chi connectivity index (χ1v) is 10.7. The zero-order valence-electron chi connectivity index (χ0n) is 19.0. The van der Waals surface area contributed by atoms with E-state index in [0.717, 1.165) is 22.4 Å². The number of carbonyl (C=O) groups is 2. The smallest absolute Gasteiger partial charge is 0.340 e. The summed E-state index contributed by atoms with van der Waals surface area (Å²) in [5.74, 6) is 0.498. The van der Waals surface area contributed by atoms with E-state index in [1.54, 1.807) is 38.2 Å². The van der Waals surface area contributed by atoms with Crippen molar-refractivity contribution in [2.24, 2.45) is 0 Å². The second kappa shape index (κ2) is 9.73. The number of hydrogen-bond donors (Lipinski definition) is 0. The minimum Gasteiger partial charge on any atom is -0.493 e. The van der Waals surface area contributed by atoms with E-state index in [0.29, 0.717) is 42.3 Å². The van der Waals surface area contributed by atoms with Gasteiger partial charge in [-0.3, -0.25) is 9.78 Å². The Hall–Kier alpha value is -3.87. The monoisotopic (exact) mass is 446 g/mol. The molecule has 3 aromatic rings. The number of ether oxygens (including phenoxy) is 3. The summed E-state index contributed by atoms with van der Waals surface area (Å²) in [7, 11) is 3.18.